The molecule has 0 fully saturated rings. The van der Waals surface area contributed by atoms with Gasteiger partial charge in [-0.3, -0.25) is 0 Å². The van der Waals surface area contributed by atoms with Crippen LogP contribution in [0.25, 0.3) is 5.69 Å². The number of rotatable bonds is 3. The van der Waals surface area contributed by atoms with Crippen LogP contribution in [-0.4, -0.2) is 28.0 Å². The Kier molecular flexibility index (Phi) is 2.82. The van der Waals surface area contributed by atoms with Gasteiger partial charge in [0.15, 0.2) is 5.69 Å². The second-order valence-corrected chi connectivity index (χ2v) is 3.60. The molecule has 0 aliphatic rings. The molecule has 0 aliphatic carbocycles. The summed E-state index contributed by atoms with van der Waals surface area (Å²) in [4.78, 5) is 10.7. The van der Waals surface area contributed by atoms with Crippen LogP contribution < -0.4 is 4.74 Å². The smallest absolute Gasteiger partial charge is 0.356 e. The monoisotopic (exact) mass is 232 g/mol. The lowest BCUT2D eigenvalue weighted by Gasteiger charge is -2.07. The van der Waals surface area contributed by atoms with E-state index >= 15 is 0 Å². The van der Waals surface area contributed by atoms with E-state index in [1.807, 2.05) is 25.1 Å². The Morgan fingerprint density at radius 3 is 2.71 bits per heavy atom. The summed E-state index contributed by atoms with van der Waals surface area (Å²) in [5.41, 5.74) is 1.80. The van der Waals surface area contributed by atoms with Crippen LogP contribution in [0.15, 0.2) is 30.5 Å². The summed E-state index contributed by atoms with van der Waals surface area (Å²) >= 11 is 0. The van der Waals surface area contributed by atoms with Gasteiger partial charge in [-0.1, -0.05) is 0 Å². The fraction of sp³-hybridized carbons (Fsp3) is 0.167. The average Bonchev–Trinajstić information content (AvgIpc) is 2.78. The van der Waals surface area contributed by atoms with Crippen molar-refractivity contribution in [2.24, 2.45) is 0 Å². The normalized spacial score (nSPS) is 10.2. The van der Waals surface area contributed by atoms with E-state index in [1.165, 1.54) is 10.7 Å². The SMILES string of the molecule is COc1ccc(-n2ccc(C(=O)O)n2)cc1C. The lowest BCUT2D eigenvalue weighted by atomic mass is 10.2. The van der Waals surface area contributed by atoms with Crippen LogP contribution in [0.3, 0.4) is 0 Å². The number of nitrogens with zero attached hydrogens (tertiary/aromatic N) is 2. The van der Waals surface area contributed by atoms with Crippen molar-refractivity contribution < 1.29 is 14.6 Å². The molecule has 1 N–H and O–H groups in total. The van der Waals surface area contributed by atoms with Crippen LogP contribution in [0.4, 0.5) is 0 Å². The molecular weight excluding hydrogens is 220 g/mol. The van der Waals surface area contributed by atoms with Crippen molar-refractivity contribution in [3.63, 3.8) is 0 Å². The number of carbonyl (C=O) groups is 1. The first-order valence-electron chi connectivity index (χ1n) is 5.06. The third-order valence-electron chi connectivity index (χ3n) is 2.45. The van der Waals surface area contributed by atoms with Crippen LogP contribution >= 0.6 is 0 Å². The third-order valence-corrected chi connectivity index (χ3v) is 2.45. The molecule has 0 radical (unpaired) electrons. The highest BCUT2D eigenvalue weighted by molar-refractivity contribution is 5.85. The van der Waals surface area contributed by atoms with Crippen LogP contribution in [0.2, 0.25) is 0 Å². The first kappa shape index (κ1) is 11.2. The molecule has 0 spiro atoms. The lowest BCUT2D eigenvalue weighted by molar-refractivity contribution is 0.0690. The number of carboxylic acid groups (broad SMARTS) is 1. The molecule has 0 bridgehead atoms. The summed E-state index contributed by atoms with van der Waals surface area (Å²) in [5.74, 6) is -0.242. The maximum Gasteiger partial charge on any atom is 0.356 e. The van der Waals surface area contributed by atoms with Gasteiger partial charge in [0.2, 0.25) is 0 Å². The highest BCUT2D eigenvalue weighted by atomic mass is 16.5. The van der Waals surface area contributed by atoms with E-state index in [0.29, 0.717) is 0 Å². The van der Waals surface area contributed by atoms with Crippen molar-refractivity contribution in [1.82, 2.24) is 9.78 Å². The largest absolute Gasteiger partial charge is 0.496 e. The van der Waals surface area contributed by atoms with E-state index in [0.717, 1.165) is 17.0 Å². The number of aromatic carboxylic acids is 1. The molecule has 2 rings (SSSR count). The molecular formula is C12H12N2O3. The predicted octanol–water partition coefficient (Wildman–Crippen LogP) is 1.89. The highest BCUT2D eigenvalue weighted by Gasteiger charge is 2.08. The average molecular weight is 232 g/mol. The van der Waals surface area contributed by atoms with Gasteiger partial charge in [0, 0.05) is 6.20 Å². The first-order valence-corrected chi connectivity index (χ1v) is 5.06. The standard InChI is InChI=1S/C12H12N2O3/c1-8-7-9(3-4-11(8)17-2)14-6-5-10(13-14)12(15)16/h3-7H,1-2H3,(H,15,16). The topological polar surface area (TPSA) is 64.3 Å². The van der Waals surface area contributed by atoms with E-state index in [2.05, 4.69) is 5.10 Å². The zero-order valence-electron chi connectivity index (χ0n) is 9.54. The van der Waals surface area contributed by atoms with Crippen molar-refractivity contribution in [2.45, 2.75) is 6.92 Å². The minimum atomic E-state index is -1.03. The Bertz CT molecular complexity index is 561. The van der Waals surface area contributed by atoms with Gasteiger partial charge in [-0.05, 0) is 36.8 Å². The van der Waals surface area contributed by atoms with Crippen molar-refractivity contribution in [1.29, 1.82) is 0 Å². The van der Waals surface area contributed by atoms with Crippen LogP contribution in [-0.2, 0) is 0 Å². The molecule has 0 saturated carbocycles. The fourth-order valence-corrected chi connectivity index (χ4v) is 1.59. The second kappa shape index (κ2) is 4.29. The number of hydrogen-bond acceptors (Lipinski definition) is 3. The van der Waals surface area contributed by atoms with Crippen LogP contribution in [0, 0.1) is 6.92 Å². The van der Waals surface area contributed by atoms with Crippen molar-refractivity contribution in [2.75, 3.05) is 7.11 Å². The summed E-state index contributed by atoms with van der Waals surface area (Å²) in [6.07, 6.45) is 1.62. The molecule has 1 aromatic heterocycles. The van der Waals surface area contributed by atoms with E-state index < -0.39 is 5.97 Å². The Morgan fingerprint density at radius 1 is 1.41 bits per heavy atom. The van der Waals surface area contributed by atoms with Gasteiger partial charge >= 0.3 is 5.97 Å². The molecule has 0 saturated heterocycles. The van der Waals surface area contributed by atoms with Crippen LogP contribution in [0.1, 0.15) is 16.1 Å². The Balaban J connectivity index is 2.39. The number of hydrogen-bond donors (Lipinski definition) is 1. The summed E-state index contributed by atoms with van der Waals surface area (Å²) in [7, 11) is 1.61. The molecule has 5 nitrogen and oxygen atoms in total. The maximum absolute atomic E-state index is 10.7. The van der Waals surface area contributed by atoms with Crippen molar-refractivity contribution in [3.05, 3.63) is 41.7 Å². The molecule has 88 valence electrons. The molecule has 17 heavy (non-hydrogen) atoms. The van der Waals surface area contributed by atoms with Gasteiger partial charge in [-0.25, -0.2) is 9.48 Å². The van der Waals surface area contributed by atoms with E-state index in [9.17, 15) is 4.79 Å². The third kappa shape index (κ3) is 2.13. The number of ether oxygens (including phenoxy) is 1. The zero-order chi connectivity index (χ0) is 12.4. The van der Waals surface area contributed by atoms with Gasteiger partial charge in [-0.15, -0.1) is 0 Å². The first-order chi connectivity index (χ1) is 8.11. The van der Waals surface area contributed by atoms with Gasteiger partial charge in [-0.2, -0.15) is 5.10 Å². The van der Waals surface area contributed by atoms with Gasteiger partial charge in [0.1, 0.15) is 5.75 Å². The van der Waals surface area contributed by atoms with Gasteiger partial charge in [0.05, 0.1) is 12.8 Å². The Labute approximate surface area is 98.3 Å². The lowest BCUT2D eigenvalue weighted by Crippen LogP contribution is -2.01. The number of carboxylic acids is 1. The van der Waals surface area contributed by atoms with E-state index in [4.69, 9.17) is 9.84 Å². The van der Waals surface area contributed by atoms with E-state index in [1.54, 1.807) is 13.3 Å². The molecule has 0 atom stereocenters. The molecule has 5 heteroatoms. The zero-order valence-corrected chi connectivity index (χ0v) is 9.54. The summed E-state index contributed by atoms with van der Waals surface area (Å²) < 4.78 is 6.68. The van der Waals surface area contributed by atoms with Gasteiger partial charge in [0.25, 0.3) is 0 Å². The summed E-state index contributed by atoms with van der Waals surface area (Å²) in [5, 5.41) is 12.7. The number of methoxy groups -OCH3 is 1. The predicted molar refractivity (Wildman–Crippen MR) is 61.8 cm³/mol. The summed E-state index contributed by atoms with van der Waals surface area (Å²) in [6, 6.07) is 7.00. The molecule has 0 aliphatic heterocycles. The highest BCUT2D eigenvalue weighted by Crippen LogP contribution is 2.20. The molecule has 0 unspecified atom stereocenters. The van der Waals surface area contributed by atoms with Crippen molar-refractivity contribution >= 4 is 5.97 Å². The van der Waals surface area contributed by atoms with E-state index in [-0.39, 0.29) is 5.69 Å². The Morgan fingerprint density at radius 2 is 2.18 bits per heavy atom. The molecule has 2 aromatic rings. The minimum absolute atomic E-state index is 0.0264. The Hall–Kier alpha value is -2.30. The quantitative estimate of drug-likeness (QED) is 0.877. The number of aromatic nitrogens is 2. The molecule has 1 heterocycles. The summed E-state index contributed by atoms with van der Waals surface area (Å²) in [6.45, 7) is 1.92. The fourth-order valence-electron chi connectivity index (χ4n) is 1.59. The second-order valence-electron chi connectivity index (χ2n) is 3.60. The number of benzene rings is 1. The maximum atomic E-state index is 10.7. The molecule has 1 aromatic carbocycles. The number of aryl methyl sites for hydroxylation is 1. The van der Waals surface area contributed by atoms with Crippen LogP contribution in [0.5, 0.6) is 5.75 Å². The minimum Gasteiger partial charge on any atom is -0.496 e. The van der Waals surface area contributed by atoms with Crippen molar-refractivity contribution in [3.8, 4) is 11.4 Å². The van der Waals surface area contributed by atoms with Gasteiger partial charge < -0.3 is 9.84 Å². The molecule has 0 amide bonds.